The maximum atomic E-state index is 3.57. The van der Waals surface area contributed by atoms with E-state index in [-0.39, 0.29) is 0 Å². The number of benzene rings is 3. The van der Waals surface area contributed by atoms with Gasteiger partial charge in [0.2, 0.25) is 0 Å². The molecule has 0 atom stereocenters. The van der Waals surface area contributed by atoms with Crippen LogP contribution in [0.4, 0.5) is 5.69 Å². The number of hydrogen-bond acceptors (Lipinski definition) is 2. The minimum absolute atomic E-state index is 0.917. The third-order valence-electron chi connectivity index (χ3n) is 7.30. The molecule has 1 N–H and O–H groups in total. The zero-order valence-corrected chi connectivity index (χ0v) is 25.3. The monoisotopic (exact) mass is 528 g/mol. The lowest BCUT2D eigenvalue weighted by molar-refractivity contribution is 0.543. The van der Waals surface area contributed by atoms with E-state index in [9.17, 15) is 0 Å². The van der Waals surface area contributed by atoms with Crippen molar-refractivity contribution in [1.29, 1.82) is 0 Å². The predicted molar refractivity (Wildman–Crippen MR) is 174 cm³/mol. The molecule has 0 heterocycles. The summed E-state index contributed by atoms with van der Waals surface area (Å²) in [5, 5.41) is 3.57. The van der Waals surface area contributed by atoms with Crippen LogP contribution in [0, 0.1) is 6.92 Å². The van der Waals surface area contributed by atoms with Gasteiger partial charge in [0.25, 0.3) is 0 Å². The van der Waals surface area contributed by atoms with Crippen LogP contribution in [0.3, 0.4) is 0 Å². The van der Waals surface area contributed by atoms with Crippen LogP contribution >= 0.6 is 0 Å². The number of aryl methyl sites for hydroxylation is 1. The van der Waals surface area contributed by atoms with E-state index in [0.29, 0.717) is 0 Å². The van der Waals surface area contributed by atoms with E-state index in [4.69, 9.17) is 0 Å². The number of hydrogen-bond donors (Lipinski definition) is 1. The highest BCUT2D eigenvalue weighted by atomic mass is 15.1. The van der Waals surface area contributed by atoms with Gasteiger partial charge in [-0.1, -0.05) is 157 Å². The Kier molecular flexibility index (Phi) is 18.6. The minimum Gasteiger partial charge on any atom is -0.363 e. The zero-order valence-electron chi connectivity index (χ0n) is 25.3. The molecule has 2 heteroatoms. The molecule has 214 valence electrons. The van der Waals surface area contributed by atoms with Gasteiger partial charge in [-0.15, -0.1) is 0 Å². The molecular formula is C37H56N2. The van der Waals surface area contributed by atoms with Crippen LogP contribution in [0.5, 0.6) is 0 Å². The molecule has 0 aliphatic rings. The van der Waals surface area contributed by atoms with E-state index in [1.165, 1.54) is 113 Å². The van der Waals surface area contributed by atoms with E-state index >= 15 is 0 Å². The lowest BCUT2D eigenvalue weighted by Crippen LogP contribution is -2.22. The summed E-state index contributed by atoms with van der Waals surface area (Å²) >= 11 is 0. The summed E-state index contributed by atoms with van der Waals surface area (Å²) < 4.78 is 0. The number of nitrogens with one attached hydrogen (secondary N) is 1. The van der Waals surface area contributed by atoms with Gasteiger partial charge < -0.3 is 10.2 Å². The molecule has 0 unspecified atom stereocenters. The van der Waals surface area contributed by atoms with Gasteiger partial charge in [-0.3, -0.25) is 0 Å². The van der Waals surface area contributed by atoms with Crippen LogP contribution in [0.25, 0.3) is 0 Å². The highest BCUT2D eigenvalue weighted by Crippen LogP contribution is 2.24. The maximum Gasteiger partial charge on any atom is 0.0433 e. The maximum absolute atomic E-state index is 3.57. The van der Waals surface area contributed by atoms with Crippen LogP contribution in [0.15, 0.2) is 84.9 Å². The fraction of sp³-hybridized carbons (Fsp3) is 0.514. The lowest BCUT2D eigenvalue weighted by Gasteiger charge is -2.27. The molecule has 39 heavy (non-hydrogen) atoms. The summed E-state index contributed by atoms with van der Waals surface area (Å²) in [4.78, 5) is 2.44. The van der Waals surface area contributed by atoms with Gasteiger partial charge in [-0.25, -0.2) is 0 Å². The van der Waals surface area contributed by atoms with Crippen molar-refractivity contribution < 1.29 is 0 Å². The molecule has 0 saturated heterocycles. The molecule has 3 aromatic rings. The molecule has 0 aromatic heterocycles. The first-order valence-corrected chi connectivity index (χ1v) is 15.8. The third kappa shape index (κ3) is 15.6. The summed E-state index contributed by atoms with van der Waals surface area (Å²) in [5.41, 5.74) is 5.29. The summed E-state index contributed by atoms with van der Waals surface area (Å²) in [7, 11) is 0. The van der Waals surface area contributed by atoms with E-state index in [1.54, 1.807) is 0 Å². The Morgan fingerprint density at radius 2 is 0.897 bits per heavy atom. The zero-order chi connectivity index (χ0) is 27.8. The second-order valence-corrected chi connectivity index (χ2v) is 10.9. The predicted octanol–water partition coefficient (Wildman–Crippen LogP) is 10.5. The Balaban J connectivity index is 0.000000285. The molecule has 3 rings (SSSR count). The molecule has 0 spiro atoms. The highest BCUT2D eigenvalue weighted by molar-refractivity contribution is 5.53. The van der Waals surface area contributed by atoms with Crippen molar-refractivity contribution in [2.75, 3.05) is 18.0 Å². The van der Waals surface area contributed by atoms with E-state index in [2.05, 4.69) is 116 Å². The summed E-state index contributed by atoms with van der Waals surface area (Å²) in [6.07, 6.45) is 16.9. The number of unbranched alkanes of at least 4 members (excludes halogenated alkanes) is 10. The molecule has 0 amide bonds. The van der Waals surface area contributed by atoms with Gasteiger partial charge in [-0.05, 0) is 55.6 Å². The van der Waals surface area contributed by atoms with Crippen LogP contribution in [0.1, 0.15) is 108 Å². The summed E-state index contributed by atoms with van der Waals surface area (Å²) in [6, 6.07) is 29.9. The molecule has 0 radical (unpaired) electrons. The first-order chi connectivity index (χ1) is 19.2. The second kappa shape index (κ2) is 22.3. The van der Waals surface area contributed by atoms with Crippen molar-refractivity contribution in [1.82, 2.24) is 5.32 Å². The topological polar surface area (TPSA) is 15.3 Å². The SMILES string of the molecule is CCCCCCCCNCCCCCCCC.Cc1ccccc1N(Cc1ccccc1)Cc1ccccc1. The van der Waals surface area contributed by atoms with Crippen molar-refractivity contribution >= 4 is 5.69 Å². The second-order valence-electron chi connectivity index (χ2n) is 10.9. The largest absolute Gasteiger partial charge is 0.363 e. The van der Waals surface area contributed by atoms with Gasteiger partial charge in [0.1, 0.15) is 0 Å². The number of rotatable bonds is 19. The number of nitrogens with zero attached hydrogens (tertiary/aromatic N) is 1. The highest BCUT2D eigenvalue weighted by Gasteiger charge is 2.10. The number of anilines is 1. The summed E-state index contributed by atoms with van der Waals surface area (Å²) in [5.74, 6) is 0. The fourth-order valence-electron chi connectivity index (χ4n) is 4.94. The normalized spacial score (nSPS) is 10.6. The molecule has 2 nitrogen and oxygen atoms in total. The molecular weight excluding hydrogens is 472 g/mol. The van der Waals surface area contributed by atoms with Crippen molar-refractivity contribution in [2.45, 2.75) is 111 Å². The first-order valence-electron chi connectivity index (χ1n) is 15.8. The Labute approximate surface area is 241 Å². The molecule has 3 aromatic carbocycles. The summed E-state index contributed by atoms with van der Waals surface area (Å²) in [6.45, 7) is 11.0. The quantitative estimate of drug-likeness (QED) is 0.156. The Bertz CT molecular complexity index is 882. The minimum atomic E-state index is 0.917. The van der Waals surface area contributed by atoms with Crippen LogP contribution in [0.2, 0.25) is 0 Å². The third-order valence-corrected chi connectivity index (χ3v) is 7.30. The van der Waals surface area contributed by atoms with Crippen LogP contribution < -0.4 is 10.2 Å². The van der Waals surface area contributed by atoms with Gasteiger partial charge in [0, 0.05) is 18.8 Å². The first kappa shape index (κ1) is 32.6. The molecule has 0 saturated carbocycles. The van der Waals surface area contributed by atoms with E-state index < -0.39 is 0 Å². The smallest absolute Gasteiger partial charge is 0.0433 e. The molecule has 0 aliphatic carbocycles. The average Bonchev–Trinajstić information content (AvgIpc) is 2.97. The standard InChI is InChI=1S/C21H21N.C16H35N/c1-18-10-8-9-15-21(18)22(16-19-11-4-2-5-12-19)17-20-13-6-3-7-14-20;1-3-5-7-9-11-13-15-17-16-14-12-10-8-6-4-2/h2-15H,16-17H2,1H3;17H,3-16H2,1-2H3. The molecule has 0 fully saturated rings. The van der Waals surface area contributed by atoms with Crippen LogP contribution in [-0.4, -0.2) is 13.1 Å². The van der Waals surface area contributed by atoms with Gasteiger partial charge >= 0.3 is 0 Å². The fourth-order valence-corrected chi connectivity index (χ4v) is 4.94. The Morgan fingerprint density at radius 1 is 0.487 bits per heavy atom. The average molecular weight is 529 g/mol. The van der Waals surface area contributed by atoms with E-state index in [0.717, 1.165) is 13.1 Å². The van der Waals surface area contributed by atoms with Crippen molar-refractivity contribution in [2.24, 2.45) is 0 Å². The van der Waals surface area contributed by atoms with Crippen molar-refractivity contribution in [3.05, 3.63) is 102 Å². The van der Waals surface area contributed by atoms with E-state index in [1.807, 2.05) is 0 Å². The Hall–Kier alpha value is -2.58. The van der Waals surface area contributed by atoms with Gasteiger partial charge in [0.05, 0.1) is 0 Å². The van der Waals surface area contributed by atoms with Gasteiger partial charge in [0.15, 0.2) is 0 Å². The van der Waals surface area contributed by atoms with Crippen molar-refractivity contribution in [3.8, 4) is 0 Å². The van der Waals surface area contributed by atoms with Crippen molar-refractivity contribution in [3.63, 3.8) is 0 Å². The lowest BCUT2D eigenvalue weighted by atomic mass is 10.1. The number of para-hydroxylation sites is 1. The van der Waals surface area contributed by atoms with Gasteiger partial charge in [-0.2, -0.15) is 0 Å². The Morgan fingerprint density at radius 3 is 1.36 bits per heavy atom. The molecule has 0 aliphatic heterocycles. The van der Waals surface area contributed by atoms with Crippen LogP contribution in [-0.2, 0) is 13.1 Å². The molecule has 0 bridgehead atoms.